The van der Waals surface area contributed by atoms with Crippen LogP contribution in [0.2, 0.25) is 0 Å². The minimum Gasteiger partial charge on any atom is -0.493 e. The van der Waals surface area contributed by atoms with Gasteiger partial charge in [0.15, 0.2) is 11.5 Å². The van der Waals surface area contributed by atoms with Crippen molar-refractivity contribution < 1.29 is 27.4 Å². The van der Waals surface area contributed by atoms with Gasteiger partial charge in [0.05, 0.1) is 32.2 Å². The highest BCUT2D eigenvalue weighted by molar-refractivity contribution is 7.89. The molecule has 0 atom stereocenters. The van der Waals surface area contributed by atoms with Crippen LogP contribution < -0.4 is 9.47 Å². The molecule has 0 aliphatic carbocycles. The highest BCUT2D eigenvalue weighted by Crippen LogP contribution is 2.28. The number of rotatable bonds is 15. The van der Waals surface area contributed by atoms with Crippen molar-refractivity contribution in [2.24, 2.45) is 0 Å². The molecule has 0 unspecified atom stereocenters. The van der Waals surface area contributed by atoms with E-state index in [1.54, 1.807) is 67.9 Å². The van der Waals surface area contributed by atoms with E-state index in [1.807, 2.05) is 36.6 Å². The quantitative estimate of drug-likeness (QED) is 0.257. The molecule has 0 saturated carbocycles. The largest absolute Gasteiger partial charge is 0.493 e. The van der Waals surface area contributed by atoms with E-state index in [0.29, 0.717) is 44.0 Å². The van der Waals surface area contributed by atoms with E-state index in [4.69, 9.17) is 14.2 Å². The fourth-order valence-electron chi connectivity index (χ4n) is 3.99. The number of sulfonamides is 1. The van der Waals surface area contributed by atoms with Gasteiger partial charge in [-0.05, 0) is 66.6 Å². The minimum absolute atomic E-state index is 0.163. The van der Waals surface area contributed by atoms with Gasteiger partial charge in [-0.25, -0.2) is 8.42 Å². The van der Waals surface area contributed by atoms with Crippen molar-refractivity contribution in [2.75, 3.05) is 47.6 Å². The van der Waals surface area contributed by atoms with Gasteiger partial charge in [0.1, 0.15) is 0 Å². The fourth-order valence-corrected chi connectivity index (χ4v) is 6.36. The predicted molar refractivity (Wildman–Crippen MR) is 149 cm³/mol. The first-order chi connectivity index (χ1) is 18.3. The molecule has 1 amide bonds. The van der Waals surface area contributed by atoms with E-state index in [1.165, 1.54) is 4.31 Å². The molecule has 38 heavy (non-hydrogen) atoms. The molecule has 10 heteroatoms. The van der Waals surface area contributed by atoms with E-state index in [0.717, 1.165) is 16.0 Å². The van der Waals surface area contributed by atoms with Crippen LogP contribution in [0.5, 0.6) is 11.5 Å². The van der Waals surface area contributed by atoms with Gasteiger partial charge in [-0.1, -0.05) is 24.3 Å². The summed E-state index contributed by atoms with van der Waals surface area (Å²) in [5.74, 6) is 1.00. The SMILES string of the molecule is COCCCN(CC(=O)N(CCc1ccc(OC)c(OC)c1)Cc1sccc1C)S(=O)(=O)c1ccccc1. The fraction of sp³-hybridized carbons (Fsp3) is 0.393. The molecule has 0 aliphatic rings. The Kier molecular flexibility index (Phi) is 11.1. The highest BCUT2D eigenvalue weighted by Gasteiger charge is 2.28. The smallest absolute Gasteiger partial charge is 0.243 e. The average molecular weight is 561 g/mol. The summed E-state index contributed by atoms with van der Waals surface area (Å²) in [5, 5.41) is 2.00. The van der Waals surface area contributed by atoms with Gasteiger partial charge < -0.3 is 19.1 Å². The van der Waals surface area contributed by atoms with Crippen LogP contribution in [0.1, 0.15) is 22.4 Å². The third-order valence-corrected chi connectivity index (χ3v) is 9.09. The van der Waals surface area contributed by atoms with E-state index < -0.39 is 10.0 Å². The van der Waals surface area contributed by atoms with Crippen LogP contribution in [0.3, 0.4) is 0 Å². The van der Waals surface area contributed by atoms with E-state index in [2.05, 4.69) is 0 Å². The summed E-state index contributed by atoms with van der Waals surface area (Å²) in [6, 6.07) is 15.9. The van der Waals surface area contributed by atoms with Gasteiger partial charge in [0.25, 0.3) is 0 Å². The summed E-state index contributed by atoms with van der Waals surface area (Å²) in [4.78, 5) is 16.7. The number of carbonyl (C=O) groups is 1. The van der Waals surface area contributed by atoms with Gasteiger partial charge >= 0.3 is 0 Å². The Morgan fingerprint density at radius 2 is 1.68 bits per heavy atom. The first kappa shape index (κ1) is 29.6. The monoisotopic (exact) mass is 560 g/mol. The molecule has 206 valence electrons. The van der Waals surface area contributed by atoms with Crippen LogP contribution in [-0.4, -0.2) is 71.1 Å². The molecule has 3 rings (SSSR count). The van der Waals surface area contributed by atoms with Crippen LogP contribution in [-0.2, 0) is 32.5 Å². The Bertz CT molecular complexity index is 1280. The lowest BCUT2D eigenvalue weighted by molar-refractivity contribution is -0.132. The van der Waals surface area contributed by atoms with Crippen LogP contribution in [0.15, 0.2) is 64.9 Å². The van der Waals surface area contributed by atoms with Crippen molar-refractivity contribution in [1.82, 2.24) is 9.21 Å². The minimum atomic E-state index is -3.86. The second-order valence-corrected chi connectivity index (χ2v) is 11.7. The van der Waals surface area contributed by atoms with Crippen LogP contribution in [0.4, 0.5) is 0 Å². The topological polar surface area (TPSA) is 85.4 Å². The highest BCUT2D eigenvalue weighted by atomic mass is 32.2. The van der Waals surface area contributed by atoms with Crippen molar-refractivity contribution in [3.05, 3.63) is 76.0 Å². The molecule has 0 fully saturated rings. The number of ether oxygens (including phenoxy) is 3. The van der Waals surface area contributed by atoms with Crippen LogP contribution >= 0.6 is 11.3 Å². The van der Waals surface area contributed by atoms with Crippen molar-refractivity contribution in [3.63, 3.8) is 0 Å². The molecule has 3 aromatic rings. The van der Waals surface area contributed by atoms with Crippen molar-refractivity contribution >= 4 is 27.3 Å². The number of hydrogen-bond acceptors (Lipinski definition) is 7. The second-order valence-electron chi connectivity index (χ2n) is 8.78. The number of carbonyl (C=O) groups excluding carboxylic acids is 1. The summed E-state index contributed by atoms with van der Waals surface area (Å²) in [6.45, 7) is 3.16. The van der Waals surface area contributed by atoms with E-state index >= 15 is 0 Å². The Labute approximate surface area is 229 Å². The summed E-state index contributed by atoms with van der Waals surface area (Å²) in [5.41, 5.74) is 2.09. The number of nitrogens with zero attached hydrogens (tertiary/aromatic N) is 2. The molecule has 0 saturated heterocycles. The lowest BCUT2D eigenvalue weighted by Crippen LogP contribution is -2.43. The molecule has 8 nitrogen and oxygen atoms in total. The zero-order valence-electron chi connectivity index (χ0n) is 22.4. The first-order valence-corrected chi connectivity index (χ1v) is 14.7. The van der Waals surface area contributed by atoms with E-state index in [9.17, 15) is 13.2 Å². The molecule has 0 spiro atoms. The van der Waals surface area contributed by atoms with E-state index in [-0.39, 0.29) is 23.9 Å². The Morgan fingerprint density at radius 1 is 0.947 bits per heavy atom. The first-order valence-electron chi connectivity index (χ1n) is 12.4. The lowest BCUT2D eigenvalue weighted by Gasteiger charge is -2.27. The van der Waals surface area contributed by atoms with Gasteiger partial charge in [0, 0.05) is 31.7 Å². The summed E-state index contributed by atoms with van der Waals surface area (Å²) < 4.78 is 44.1. The van der Waals surface area contributed by atoms with Gasteiger partial charge in [0.2, 0.25) is 15.9 Å². The summed E-state index contributed by atoms with van der Waals surface area (Å²) in [7, 11) is 0.880. The summed E-state index contributed by atoms with van der Waals surface area (Å²) >= 11 is 1.59. The predicted octanol–water partition coefficient (Wildman–Crippen LogP) is 4.37. The van der Waals surface area contributed by atoms with Crippen molar-refractivity contribution in [2.45, 2.75) is 31.2 Å². The Balaban J connectivity index is 1.84. The van der Waals surface area contributed by atoms with Gasteiger partial charge in [-0.2, -0.15) is 4.31 Å². The maximum atomic E-state index is 13.7. The molecule has 0 bridgehead atoms. The maximum Gasteiger partial charge on any atom is 0.243 e. The Morgan fingerprint density at radius 3 is 2.32 bits per heavy atom. The zero-order valence-corrected chi connectivity index (χ0v) is 24.0. The molecule has 0 aliphatic heterocycles. The van der Waals surface area contributed by atoms with Gasteiger partial charge in [-0.15, -0.1) is 11.3 Å². The van der Waals surface area contributed by atoms with Crippen LogP contribution in [0, 0.1) is 6.92 Å². The second kappa shape index (κ2) is 14.3. The molecule has 1 heterocycles. The van der Waals surface area contributed by atoms with Gasteiger partial charge in [-0.3, -0.25) is 4.79 Å². The molecule has 0 N–H and O–H groups in total. The zero-order chi connectivity index (χ0) is 27.5. The third kappa shape index (κ3) is 7.80. The van der Waals surface area contributed by atoms with Crippen LogP contribution in [0.25, 0.3) is 0 Å². The molecule has 0 radical (unpaired) electrons. The standard InChI is InChI=1S/C28H36N2O6S2/c1-22-14-18-37-27(22)20-29(16-13-23-11-12-25(35-3)26(19-23)36-4)28(31)21-30(15-8-17-34-2)38(32,33)24-9-6-5-7-10-24/h5-7,9-12,14,18-19H,8,13,15-17,20-21H2,1-4H3. The normalized spacial score (nSPS) is 11.5. The molecule has 1 aromatic heterocycles. The molecular formula is C28H36N2O6S2. The Hall–Kier alpha value is -2.92. The number of benzene rings is 2. The molecule has 2 aromatic carbocycles. The lowest BCUT2D eigenvalue weighted by atomic mass is 10.1. The number of methoxy groups -OCH3 is 3. The maximum absolute atomic E-state index is 13.7. The summed E-state index contributed by atoms with van der Waals surface area (Å²) in [6.07, 6.45) is 1.05. The third-order valence-electron chi connectivity index (χ3n) is 6.22. The number of hydrogen-bond donors (Lipinski definition) is 0. The average Bonchev–Trinajstić information content (AvgIpc) is 3.34. The van der Waals surface area contributed by atoms with Crippen molar-refractivity contribution in [1.29, 1.82) is 0 Å². The number of thiophene rings is 1. The van der Waals surface area contributed by atoms with Crippen molar-refractivity contribution in [3.8, 4) is 11.5 Å². The molecular weight excluding hydrogens is 524 g/mol. The number of amides is 1. The number of aryl methyl sites for hydroxylation is 1.